The lowest BCUT2D eigenvalue weighted by Gasteiger charge is -2.25. The van der Waals surface area contributed by atoms with E-state index >= 15 is 0 Å². The minimum absolute atomic E-state index is 0.0975. The maximum absolute atomic E-state index is 12.7. The Kier molecular flexibility index (Phi) is 7.53. The van der Waals surface area contributed by atoms with Crippen molar-refractivity contribution in [3.05, 3.63) is 54.6 Å². The normalized spacial score (nSPS) is 12.0. The van der Waals surface area contributed by atoms with Crippen molar-refractivity contribution >= 4 is 5.91 Å². The Labute approximate surface area is 152 Å². The molecule has 140 valence electrons. The van der Waals surface area contributed by atoms with Crippen LogP contribution >= 0.6 is 0 Å². The molecule has 0 aliphatic heterocycles. The molecular weight excluding hydrogens is 340 g/mol. The van der Waals surface area contributed by atoms with Crippen LogP contribution in [0.5, 0.6) is 5.75 Å². The molecule has 0 N–H and O–H groups in total. The molecule has 0 radical (unpaired) electrons. The summed E-state index contributed by atoms with van der Waals surface area (Å²) in [6, 6.07) is 17.2. The minimum atomic E-state index is -2.60. The van der Waals surface area contributed by atoms with E-state index in [0.29, 0.717) is 5.75 Å². The molecule has 2 aromatic rings. The molecule has 0 aliphatic rings. The highest BCUT2D eigenvalue weighted by Gasteiger charge is 2.24. The Morgan fingerprint density at radius 1 is 1.04 bits per heavy atom. The molecule has 26 heavy (non-hydrogen) atoms. The lowest BCUT2D eigenvalue weighted by atomic mass is 10.1. The second-order valence-corrected chi connectivity index (χ2v) is 5.82. The maximum Gasteiger partial charge on any atom is 0.263 e. The number of ether oxygens (including phenoxy) is 2. The van der Waals surface area contributed by atoms with Gasteiger partial charge < -0.3 is 14.4 Å². The van der Waals surface area contributed by atoms with Crippen molar-refractivity contribution in [2.24, 2.45) is 0 Å². The molecule has 0 aliphatic carbocycles. The van der Waals surface area contributed by atoms with Crippen LogP contribution in [0.4, 0.5) is 8.78 Å². The number of hydrogen-bond donors (Lipinski definition) is 0. The third kappa shape index (κ3) is 5.81. The molecule has 2 rings (SSSR count). The topological polar surface area (TPSA) is 38.8 Å². The van der Waals surface area contributed by atoms with E-state index in [1.807, 2.05) is 42.5 Å². The summed E-state index contributed by atoms with van der Waals surface area (Å²) in [5.41, 5.74) is 2.10. The zero-order chi connectivity index (χ0) is 18.9. The van der Waals surface area contributed by atoms with Crippen molar-refractivity contribution in [1.82, 2.24) is 4.90 Å². The molecule has 1 atom stereocenters. The zero-order valence-electron chi connectivity index (χ0n) is 14.9. The number of amides is 1. The average Bonchev–Trinajstić information content (AvgIpc) is 2.65. The van der Waals surface area contributed by atoms with Crippen molar-refractivity contribution in [3.63, 3.8) is 0 Å². The number of nitrogens with zero attached hydrogens (tertiary/aromatic N) is 1. The van der Waals surface area contributed by atoms with Gasteiger partial charge in [-0.25, -0.2) is 8.78 Å². The first-order valence-corrected chi connectivity index (χ1v) is 8.39. The largest absolute Gasteiger partial charge is 0.481 e. The molecule has 0 bridgehead atoms. The predicted octanol–water partition coefficient (Wildman–Crippen LogP) is 3.86. The highest BCUT2D eigenvalue weighted by Crippen LogP contribution is 2.22. The smallest absolute Gasteiger partial charge is 0.263 e. The Morgan fingerprint density at radius 3 is 2.23 bits per heavy atom. The van der Waals surface area contributed by atoms with Crippen molar-refractivity contribution in [2.45, 2.75) is 19.5 Å². The molecule has 0 aromatic heterocycles. The van der Waals surface area contributed by atoms with Gasteiger partial charge in [-0.3, -0.25) is 4.79 Å². The molecule has 6 heteroatoms. The van der Waals surface area contributed by atoms with Gasteiger partial charge in [0, 0.05) is 13.7 Å². The van der Waals surface area contributed by atoms with Gasteiger partial charge in [0.1, 0.15) is 5.75 Å². The Morgan fingerprint density at radius 2 is 1.65 bits per heavy atom. The van der Waals surface area contributed by atoms with Crippen molar-refractivity contribution in [2.75, 3.05) is 26.8 Å². The molecule has 0 heterocycles. The number of carbonyl (C=O) groups is 1. The van der Waals surface area contributed by atoms with Crippen molar-refractivity contribution in [3.8, 4) is 16.9 Å². The lowest BCUT2D eigenvalue weighted by Crippen LogP contribution is -2.44. The van der Waals surface area contributed by atoms with E-state index in [4.69, 9.17) is 9.47 Å². The van der Waals surface area contributed by atoms with Gasteiger partial charge in [-0.05, 0) is 30.2 Å². The van der Waals surface area contributed by atoms with Crippen LogP contribution in [-0.4, -0.2) is 50.1 Å². The Hall–Kier alpha value is -2.47. The molecule has 0 saturated heterocycles. The zero-order valence-corrected chi connectivity index (χ0v) is 14.9. The first-order chi connectivity index (χ1) is 12.5. The quantitative estimate of drug-likeness (QED) is 0.679. The fourth-order valence-electron chi connectivity index (χ4n) is 2.53. The lowest BCUT2D eigenvalue weighted by molar-refractivity contribution is -0.140. The number of methoxy groups -OCH3 is 1. The van der Waals surface area contributed by atoms with Gasteiger partial charge in [0.2, 0.25) is 0 Å². The van der Waals surface area contributed by atoms with E-state index in [1.54, 1.807) is 19.1 Å². The Bertz CT molecular complexity index is 677. The van der Waals surface area contributed by atoms with Gasteiger partial charge in [0.05, 0.1) is 13.2 Å². The number of halogens is 2. The highest BCUT2D eigenvalue weighted by molar-refractivity contribution is 5.81. The highest BCUT2D eigenvalue weighted by atomic mass is 19.3. The van der Waals surface area contributed by atoms with Crippen LogP contribution in [0.3, 0.4) is 0 Å². The van der Waals surface area contributed by atoms with Gasteiger partial charge in [0.25, 0.3) is 12.3 Å². The molecule has 1 unspecified atom stereocenters. The second kappa shape index (κ2) is 9.87. The SMILES string of the molecule is COCCN(CC(F)F)C(=O)C(C)Oc1ccc(-c2ccccc2)cc1. The molecular formula is C20H23F2NO3. The van der Waals surface area contributed by atoms with Crippen LogP contribution < -0.4 is 4.74 Å². The number of hydrogen-bond acceptors (Lipinski definition) is 3. The van der Waals surface area contributed by atoms with Gasteiger partial charge in [-0.2, -0.15) is 0 Å². The van der Waals surface area contributed by atoms with Gasteiger partial charge in [-0.1, -0.05) is 42.5 Å². The number of carbonyl (C=O) groups excluding carboxylic acids is 1. The van der Waals surface area contributed by atoms with E-state index in [0.717, 1.165) is 16.0 Å². The molecule has 0 spiro atoms. The summed E-state index contributed by atoms with van der Waals surface area (Å²) < 4.78 is 35.9. The molecule has 1 amide bonds. The average molecular weight is 363 g/mol. The Balaban J connectivity index is 2.00. The summed E-state index contributed by atoms with van der Waals surface area (Å²) in [7, 11) is 1.46. The summed E-state index contributed by atoms with van der Waals surface area (Å²) in [6.07, 6.45) is -3.47. The molecule has 0 fully saturated rings. The summed E-state index contributed by atoms with van der Waals surface area (Å²) in [4.78, 5) is 13.5. The minimum Gasteiger partial charge on any atom is -0.481 e. The maximum atomic E-state index is 12.7. The first-order valence-electron chi connectivity index (χ1n) is 8.39. The monoisotopic (exact) mass is 363 g/mol. The van der Waals surface area contributed by atoms with E-state index in [1.165, 1.54) is 7.11 Å². The van der Waals surface area contributed by atoms with Gasteiger partial charge >= 0.3 is 0 Å². The predicted molar refractivity (Wildman–Crippen MR) is 96.4 cm³/mol. The van der Waals surface area contributed by atoms with E-state index in [2.05, 4.69) is 0 Å². The van der Waals surface area contributed by atoms with Crippen molar-refractivity contribution in [1.29, 1.82) is 0 Å². The molecule has 2 aromatic carbocycles. The van der Waals surface area contributed by atoms with Crippen LogP contribution in [0.1, 0.15) is 6.92 Å². The van der Waals surface area contributed by atoms with Crippen LogP contribution in [0.15, 0.2) is 54.6 Å². The van der Waals surface area contributed by atoms with Crippen LogP contribution in [0, 0.1) is 0 Å². The summed E-state index contributed by atoms with van der Waals surface area (Å²) >= 11 is 0. The molecule has 4 nitrogen and oxygen atoms in total. The van der Waals surface area contributed by atoms with E-state index < -0.39 is 25.0 Å². The fraction of sp³-hybridized carbons (Fsp3) is 0.350. The summed E-state index contributed by atoms with van der Waals surface area (Å²) in [5.74, 6) is 0.0174. The standard InChI is InChI=1S/C20H23F2NO3/c1-15(20(24)23(12-13-25-2)14-19(21)22)26-18-10-8-17(9-11-18)16-6-4-3-5-7-16/h3-11,15,19H,12-14H2,1-2H3. The van der Waals surface area contributed by atoms with E-state index in [9.17, 15) is 13.6 Å². The van der Waals surface area contributed by atoms with E-state index in [-0.39, 0.29) is 13.2 Å². The number of benzene rings is 2. The first kappa shape index (κ1) is 19.8. The van der Waals surface area contributed by atoms with Crippen LogP contribution in [-0.2, 0) is 9.53 Å². The van der Waals surface area contributed by atoms with Crippen molar-refractivity contribution < 1.29 is 23.0 Å². The third-order valence-corrected chi connectivity index (χ3v) is 3.86. The summed E-state index contributed by atoms with van der Waals surface area (Å²) in [6.45, 7) is 1.21. The van der Waals surface area contributed by atoms with Gasteiger partial charge in [-0.15, -0.1) is 0 Å². The third-order valence-electron chi connectivity index (χ3n) is 3.86. The fourth-order valence-corrected chi connectivity index (χ4v) is 2.53. The van der Waals surface area contributed by atoms with Crippen LogP contribution in [0.25, 0.3) is 11.1 Å². The number of rotatable bonds is 9. The summed E-state index contributed by atoms with van der Waals surface area (Å²) in [5, 5.41) is 0. The molecule has 0 saturated carbocycles. The second-order valence-electron chi connectivity index (χ2n) is 5.82. The van der Waals surface area contributed by atoms with Gasteiger partial charge in [0.15, 0.2) is 6.10 Å². The van der Waals surface area contributed by atoms with Crippen LogP contribution in [0.2, 0.25) is 0 Å². The number of alkyl halides is 2.